The summed E-state index contributed by atoms with van der Waals surface area (Å²) in [6.07, 6.45) is 0. The lowest BCUT2D eigenvalue weighted by atomic mass is 9.93. The minimum Gasteiger partial charge on any atom is -0.310 e. The Bertz CT molecular complexity index is 2570. The third-order valence-electron chi connectivity index (χ3n) is 10.0. The lowest BCUT2D eigenvalue weighted by molar-refractivity contribution is 1.28. The maximum Gasteiger partial charge on any atom is 0.0467 e. The normalized spacial score (nSPS) is 11.0. The van der Waals surface area contributed by atoms with E-state index in [0.717, 1.165) is 22.6 Å². The van der Waals surface area contributed by atoms with Crippen LogP contribution in [0.1, 0.15) is 0 Å². The van der Waals surface area contributed by atoms with Gasteiger partial charge in [-0.15, -0.1) is 0 Å². The second-order valence-corrected chi connectivity index (χ2v) is 13.4. The van der Waals surface area contributed by atoms with Crippen molar-refractivity contribution >= 4 is 27.8 Å². The van der Waals surface area contributed by atoms with E-state index in [1.54, 1.807) is 0 Å². The van der Waals surface area contributed by atoms with Crippen LogP contribution in [-0.2, 0) is 0 Å². The van der Waals surface area contributed by atoms with Crippen molar-refractivity contribution in [3.05, 3.63) is 224 Å². The summed E-state index contributed by atoms with van der Waals surface area (Å²) in [5.74, 6) is 0. The van der Waals surface area contributed by atoms with E-state index in [2.05, 4.69) is 229 Å². The van der Waals surface area contributed by atoms with Crippen molar-refractivity contribution in [3.63, 3.8) is 0 Å². The first-order valence-corrected chi connectivity index (χ1v) is 18.2. The van der Waals surface area contributed by atoms with E-state index in [9.17, 15) is 0 Å². The Balaban J connectivity index is 1.14. The summed E-state index contributed by atoms with van der Waals surface area (Å²) >= 11 is 0. The van der Waals surface area contributed by atoms with E-state index in [1.165, 1.54) is 60.8 Å². The van der Waals surface area contributed by atoms with E-state index >= 15 is 0 Å². The lowest BCUT2D eigenvalue weighted by Gasteiger charge is -2.26. The first-order valence-electron chi connectivity index (χ1n) is 18.2. The van der Waals surface area contributed by atoms with Gasteiger partial charge < -0.3 is 4.90 Å². The topological polar surface area (TPSA) is 3.24 Å². The molecule has 0 aromatic heterocycles. The highest BCUT2D eigenvalue weighted by Gasteiger charge is 2.15. The molecule has 0 radical (unpaired) electrons. The maximum atomic E-state index is 2.36. The molecule has 0 saturated carbocycles. The largest absolute Gasteiger partial charge is 0.310 e. The van der Waals surface area contributed by atoms with Gasteiger partial charge in [0.25, 0.3) is 0 Å². The molecule has 0 aliphatic carbocycles. The Labute approximate surface area is 311 Å². The average molecular weight is 676 g/mol. The van der Waals surface area contributed by atoms with E-state index < -0.39 is 0 Å². The summed E-state index contributed by atoms with van der Waals surface area (Å²) in [6.45, 7) is 0. The second kappa shape index (κ2) is 14.3. The molecule has 9 rings (SSSR count). The molecule has 0 bridgehead atoms. The van der Waals surface area contributed by atoms with Gasteiger partial charge in [0.2, 0.25) is 0 Å². The van der Waals surface area contributed by atoms with Crippen molar-refractivity contribution in [3.8, 4) is 55.6 Å². The van der Waals surface area contributed by atoms with Crippen molar-refractivity contribution in [1.29, 1.82) is 0 Å². The van der Waals surface area contributed by atoms with E-state index in [1.807, 2.05) is 0 Å². The zero-order valence-electron chi connectivity index (χ0n) is 29.3. The molecule has 0 amide bonds. The molecule has 0 saturated heterocycles. The molecular weight excluding hydrogens is 639 g/mol. The molecule has 9 aromatic rings. The Hall–Kier alpha value is -6.96. The second-order valence-electron chi connectivity index (χ2n) is 13.4. The summed E-state index contributed by atoms with van der Waals surface area (Å²) in [6, 6.07) is 80.9. The molecule has 0 N–H and O–H groups in total. The summed E-state index contributed by atoms with van der Waals surface area (Å²) in [5, 5.41) is 2.50. The Kier molecular flexibility index (Phi) is 8.66. The molecule has 0 aliphatic rings. The first-order chi connectivity index (χ1) is 26.2. The van der Waals surface area contributed by atoms with Crippen LogP contribution in [0.2, 0.25) is 0 Å². The van der Waals surface area contributed by atoms with Gasteiger partial charge in [-0.25, -0.2) is 0 Å². The van der Waals surface area contributed by atoms with Crippen molar-refractivity contribution in [1.82, 2.24) is 0 Å². The van der Waals surface area contributed by atoms with Crippen LogP contribution in [0.5, 0.6) is 0 Å². The van der Waals surface area contributed by atoms with Gasteiger partial charge in [0.05, 0.1) is 0 Å². The molecule has 53 heavy (non-hydrogen) atoms. The van der Waals surface area contributed by atoms with Crippen LogP contribution in [0.4, 0.5) is 17.1 Å². The Morgan fingerprint density at radius 2 is 0.566 bits per heavy atom. The third kappa shape index (κ3) is 6.77. The third-order valence-corrected chi connectivity index (χ3v) is 10.0. The van der Waals surface area contributed by atoms with Crippen molar-refractivity contribution < 1.29 is 0 Å². The minimum absolute atomic E-state index is 1.10. The van der Waals surface area contributed by atoms with Gasteiger partial charge >= 0.3 is 0 Å². The lowest BCUT2D eigenvalue weighted by Crippen LogP contribution is -2.10. The van der Waals surface area contributed by atoms with Gasteiger partial charge in [0.1, 0.15) is 0 Å². The molecule has 0 unspecified atom stereocenters. The first kappa shape index (κ1) is 32.0. The average Bonchev–Trinajstić information content (AvgIpc) is 3.25. The molecule has 0 atom stereocenters. The van der Waals surface area contributed by atoms with Crippen LogP contribution < -0.4 is 4.90 Å². The maximum absolute atomic E-state index is 2.36. The number of hydrogen-bond acceptors (Lipinski definition) is 1. The number of hydrogen-bond donors (Lipinski definition) is 0. The highest BCUT2D eigenvalue weighted by atomic mass is 15.1. The molecule has 0 heterocycles. The summed E-state index contributed by atoms with van der Waals surface area (Å²) in [5.41, 5.74) is 15.3. The molecule has 1 nitrogen and oxygen atoms in total. The van der Waals surface area contributed by atoms with Crippen LogP contribution in [0, 0.1) is 0 Å². The summed E-state index contributed by atoms with van der Waals surface area (Å²) in [4.78, 5) is 2.36. The number of anilines is 3. The SMILES string of the molecule is c1ccc(-c2ccc(N(c3ccc(-c4ccc5ccccc5c4)cc3)c3cccc(-c4cc(-c5ccccc5)cc(-c5ccccc5)c4)c3)cc2)cc1. The van der Waals surface area contributed by atoms with Gasteiger partial charge in [-0.1, -0.05) is 164 Å². The molecule has 1 heteroatoms. The highest BCUT2D eigenvalue weighted by Crippen LogP contribution is 2.40. The van der Waals surface area contributed by atoms with Crippen LogP contribution >= 0.6 is 0 Å². The van der Waals surface area contributed by atoms with Crippen LogP contribution in [0.25, 0.3) is 66.4 Å². The van der Waals surface area contributed by atoms with Crippen molar-refractivity contribution in [2.24, 2.45) is 0 Å². The van der Waals surface area contributed by atoms with E-state index in [-0.39, 0.29) is 0 Å². The molecule has 9 aromatic carbocycles. The summed E-state index contributed by atoms with van der Waals surface area (Å²) in [7, 11) is 0. The molecule has 0 aliphatic heterocycles. The Morgan fingerprint density at radius 1 is 0.189 bits per heavy atom. The van der Waals surface area contributed by atoms with Gasteiger partial charge in [-0.2, -0.15) is 0 Å². The fourth-order valence-corrected chi connectivity index (χ4v) is 7.27. The fourth-order valence-electron chi connectivity index (χ4n) is 7.27. The monoisotopic (exact) mass is 675 g/mol. The predicted octanol–water partition coefficient (Wildman–Crippen LogP) is 14.6. The number of fused-ring (bicyclic) bond motifs is 1. The van der Waals surface area contributed by atoms with E-state index in [0.29, 0.717) is 0 Å². The van der Waals surface area contributed by atoms with Crippen LogP contribution in [-0.4, -0.2) is 0 Å². The predicted molar refractivity (Wildman–Crippen MR) is 226 cm³/mol. The van der Waals surface area contributed by atoms with Gasteiger partial charge in [0.15, 0.2) is 0 Å². The fraction of sp³-hybridized carbons (Fsp3) is 0. The number of benzene rings is 9. The molecular formula is C52H37N. The number of rotatable bonds is 8. The van der Waals surface area contributed by atoms with Gasteiger partial charge in [-0.3, -0.25) is 0 Å². The van der Waals surface area contributed by atoms with Crippen LogP contribution in [0.15, 0.2) is 224 Å². The van der Waals surface area contributed by atoms with Crippen molar-refractivity contribution in [2.75, 3.05) is 4.90 Å². The quantitative estimate of drug-likeness (QED) is 0.155. The molecule has 0 fully saturated rings. The van der Waals surface area contributed by atoms with E-state index in [4.69, 9.17) is 0 Å². The van der Waals surface area contributed by atoms with Crippen molar-refractivity contribution in [2.45, 2.75) is 0 Å². The zero-order valence-corrected chi connectivity index (χ0v) is 29.3. The van der Waals surface area contributed by atoms with Crippen LogP contribution in [0.3, 0.4) is 0 Å². The standard InChI is InChI=1S/C52H37N/c1-4-13-38(14-5-1)42-25-29-50(30-26-42)53(51-31-27-43(28-32-51)46-24-23-41-19-10-11-20-44(41)33-46)52-22-12-21-45(37-52)49-35-47(39-15-6-2-7-16-39)34-48(36-49)40-17-8-3-9-18-40/h1-37H. The summed E-state index contributed by atoms with van der Waals surface area (Å²) < 4.78 is 0. The van der Waals surface area contributed by atoms with Gasteiger partial charge in [0, 0.05) is 17.1 Å². The Morgan fingerprint density at radius 3 is 1.11 bits per heavy atom. The smallest absolute Gasteiger partial charge is 0.0467 e. The highest BCUT2D eigenvalue weighted by molar-refractivity contribution is 5.89. The van der Waals surface area contributed by atoms with Gasteiger partial charge in [-0.05, 0) is 127 Å². The number of nitrogens with zero attached hydrogens (tertiary/aromatic N) is 1. The minimum atomic E-state index is 1.10. The molecule has 0 spiro atoms. The zero-order chi connectivity index (χ0) is 35.4. The molecule has 250 valence electrons.